The first-order chi connectivity index (χ1) is 14.2. The summed E-state index contributed by atoms with van der Waals surface area (Å²) < 4.78 is 0. The van der Waals surface area contributed by atoms with Gasteiger partial charge in [-0.05, 0) is 48.1 Å². The Bertz CT molecular complexity index is 1080. The van der Waals surface area contributed by atoms with Crippen LogP contribution < -0.4 is 5.32 Å². The van der Waals surface area contributed by atoms with Gasteiger partial charge in [0.2, 0.25) is 11.0 Å². The lowest BCUT2D eigenvalue weighted by molar-refractivity contribution is -0.111. The first kappa shape index (κ1) is 19.4. The standard InChI is InChI=1S/C21H18ClN5OS/c22-17-10-4-2-7-15(17)12-13-19(28)23-20-25-27-21(29-20)26-24-18-11-5-8-14-6-1-3-9-16(14)18/h1-4,6-7,9-10,12-13,18H,5,8,11H2,(H,23,25,28). The Hall–Kier alpha value is -2.90. The number of anilines is 1. The fraction of sp³-hybridized carbons (Fsp3) is 0.190. The van der Waals surface area contributed by atoms with E-state index < -0.39 is 0 Å². The fourth-order valence-electron chi connectivity index (χ4n) is 3.20. The maximum absolute atomic E-state index is 12.1. The van der Waals surface area contributed by atoms with Crippen LogP contribution in [0.2, 0.25) is 5.02 Å². The van der Waals surface area contributed by atoms with Gasteiger partial charge in [0.05, 0.1) is 6.04 Å². The number of azo groups is 1. The van der Waals surface area contributed by atoms with Gasteiger partial charge in [0, 0.05) is 11.1 Å². The Balaban J connectivity index is 1.38. The normalized spacial score (nSPS) is 16.2. The first-order valence-corrected chi connectivity index (χ1v) is 10.4. The van der Waals surface area contributed by atoms with Crippen molar-refractivity contribution in [3.8, 4) is 0 Å². The summed E-state index contributed by atoms with van der Waals surface area (Å²) in [7, 11) is 0. The predicted octanol–water partition coefficient (Wildman–Crippen LogP) is 6.00. The number of nitrogens with one attached hydrogen (secondary N) is 1. The van der Waals surface area contributed by atoms with Crippen molar-refractivity contribution in [3.05, 3.63) is 76.3 Å². The highest BCUT2D eigenvalue weighted by Gasteiger charge is 2.19. The summed E-state index contributed by atoms with van der Waals surface area (Å²) in [5.74, 6) is -0.314. The monoisotopic (exact) mass is 423 g/mol. The fourth-order valence-corrected chi connectivity index (χ4v) is 3.97. The Labute approximate surface area is 177 Å². The second-order valence-corrected chi connectivity index (χ2v) is 7.92. The van der Waals surface area contributed by atoms with Crippen molar-refractivity contribution in [2.24, 2.45) is 10.2 Å². The topological polar surface area (TPSA) is 79.6 Å². The van der Waals surface area contributed by atoms with Gasteiger partial charge < -0.3 is 0 Å². The summed E-state index contributed by atoms with van der Waals surface area (Å²) in [5, 5.41) is 20.7. The molecule has 0 saturated carbocycles. The van der Waals surface area contributed by atoms with Gasteiger partial charge in [-0.15, -0.1) is 15.3 Å². The third-order valence-electron chi connectivity index (χ3n) is 4.58. The van der Waals surface area contributed by atoms with Gasteiger partial charge in [0.25, 0.3) is 5.13 Å². The van der Waals surface area contributed by atoms with Gasteiger partial charge in [-0.1, -0.05) is 65.4 Å². The van der Waals surface area contributed by atoms with Gasteiger partial charge in [0.15, 0.2) is 0 Å². The lowest BCUT2D eigenvalue weighted by atomic mass is 9.88. The van der Waals surface area contributed by atoms with E-state index >= 15 is 0 Å². The van der Waals surface area contributed by atoms with E-state index in [-0.39, 0.29) is 11.9 Å². The van der Waals surface area contributed by atoms with Crippen molar-refractivity contribution in [1.82, 2.24) is 10.2 Å². The van der Waals surface area contributed by atoms with Crippen LogP contribution in [0.1, 0.15) is 35.6 Å². The van der Waals surface area contributed by atoms with Crippen LogP contribution in [0.15, 0.2) is 64.8 Å². The van der Waals surface area contributed by atoms with E-state index in [0.29, 0.717) is 15.3 Å². The van der Waals surface area contributed by atoms with Crippen LogP contribution in [0.25, 0.3) is 6.08 Å². The molecule has 8 heteroatoms. The van der Waals surface area contributed by atoms with Crippen molar-refractivity contribution in [2.45, 2.75) is 25.3 Å². The molecule has 1 N–H and O–H groups in total. The van der Waals surface area contributed by atoms with Crippen LogP contribution in [0.3, 0.4) is 0 Å². The molecule has 0 radical (unpaired) electrons. The van der Waals surface area contributed by atoms with E-state index in [1.165, 1.54) is 28.5 Å². The predicted molar refractivity (Wildman–Crippen MR) is 116 cm³/mol. The second kappa shape index (κ2) is 9.07. The van der Waals surface area contributed by atoms with Crippen LogP contribution in [0.5, 0.6) is 0 Å². The molecule has 1 aliphatic carbocycles. The van der Waals surface area contributed by atoms with Crippen LogP contribution in [-0.2, 0) is 11.2 Å². The molecule has 2 aromatic carbocycles. The van der Waals surface area contributed by atoms with E-state index in [1.807, 2.05) is 24.3 Å². The van der Waals surface area contributed by atoms with Crippen LogP contribution in [0.4, 0.5) is 10.3 Å². The summed E-state index contributed by atoms with van der Waals surface area (Å²) in [6.45, 7) is 0. The number of aryl methyl sites for hydroxylation is 1. The molecule has 1 atom stereocenters. The maximum Gasteiger partial charge on any atom is 0.253 e. The van der Waals surface area contributed by atoms with Crippen LogP contribution >= 0.6 is 22.9 Å². The minimum absolute atomic E-state index is 0.0421. The zero-order valence-corrected chi connectivity index (χ0v) is 17.0. The summed E-state index contributed by atoms with van der Waals surface area (Å²) >= 11 is 7.26. The van der Waals surface area contributed by atoms with E-state index in [2.05, 4.69) is 43.9 Å². The number of hydrogen-bond donors (Lipinski definition) is 1. The number of rotatable bonds is 5. The number of carbonyl (C=O) groups is 1. The summed E-state index contributed by atoms with van der Waals surface area (Å²) in [4.78, 5) is 12.1. The number of fused-ring (bicyclic) bond motifs is 1. The number of nitrogens with zero attached hydrogens (tertiary/aromatic N) is 4. The van der Waals surface area contributed by atoms with Crippen molar-refractivity contribution >= 4 is 45.2 Å². The highest BCUT2D eigenvalue weighted by atomic mass is 35.5. The smallest absolute Gasteiger partial charge is 0.253 e. The van der Waals surface area contributed by atoms with Crippen molar-refractivity contribution in [1.29, 1.82) is 0 Å². The molecule has 0 fully saturated rings. The Morgan fingerprint density at radius 3 is 2.90 bits per heavy atom. The molecule has 146 valence electrons. The summed E-state index contributed by atoms with van der Waals surface area (Å²) in [6.07, 6.45) is 6.20. The molecule has 0 saturated heterocycles. The molecule has 1 heterocycles. The lowest BCUT2D eigenvalue weighted by Gasteiger charge is -2.20. The molecule has 0 bridgehead atoms. The molecule has 1 unspecified atom stereocenters. The van der Waals surface area contributed by atoms with Gasteiger partial charge in [-0.25, -0.2) is 0 Å². The molecule has 6 nitrogen and oxygen atoms in total. The van der Waals surface area contributed by atoms with Gasteiger partial charge in [-0.3, -0.25) is 10.1 Å². The molecule has 0 aliphatic heterocycles. The van der Waals surface area contributed by atoms with E-state index in [1.54, 1.807) is 12.1 Å². The van der Waals surface area contributed by atoms with Crippen molar-refractivity contribution < 1.29 is 4.79 Å². The molecule has 3 aromatic rings. The van der Waals surface area contributed by atoms with Crippen LogP contribution in [0, 0.1) is 0 Å². The maximum atomic E-state index is 12.1. The molecule has 1 amide bonds. The number of halogens is 1. The zero-order chi connectivity index (χ0) is 20.1. The number of carbonyl (C=O) groups excluding carboxylic acids is 1. The van der Waals surface area contributed by atoms with E-state index in [4.69, 9.17) is 11.6 Å². The average molecular weight is 424 g/mol. The summed E-state index contributed by atoms with van der Waals surface area (Å²) in [5.41, 5.74) is 3.33. The molecular formula is C21H18ClN5OS. The number of amides is 1. The van der Waals surface area contributed by atoms with Gasteiger partial charge in [0.1, 0.15) is 0 Å². The Morgan fingerprint density at radius 1 is 1.17 bits per heavy atom. The molecule has 29 heavy (non-hydrogen) atoms. The Morgan fingerprint density at radius 2 is 2.00 bits per heavy atom. The minimum Gasteiger partial charge on any atom is -0.297 e. The largest absolute Gasteiger partial charge is 0.297 e. The molecule has 0 spiro atoms. The van der Waals surface area contributed by atoms with Gasteiger partial charge >= 0.3 is 0 Å². The van der Waals surface area contributed by atoms with Crippen molar-refractivity contribution in [2.75, 3.05) is 5.32 Å². The first-order valence-electron chi connectivity index (χ1n) is 9.25. The molecule has 4 rings (SSSR count). The SMILES string of the molecule is O=C(C=Cc1ccccc1Cl)Nc1nnc(N=NC2CCCc3ccccc32)s1. The van der Waals surface area contributed by atoms with E-state index in [9.17, 15) is 4.79 Å². The minimum atomic E-state index is -0.314. The number of hydrogen-bond acceptors (Lipinski definition) is 6. The highest BCUT2D eigenvalue weighted by molar-refractivity contribution is 7.18. The summed E-state index contributed by atoms with van der Waals surface area (Å²) in [6, 6.07) is 15.7. The number of benzene rings is 2. The third kappa shape index (κ3) is 4.93. The quantitative estimate of drug-likeness (QED) is 0.403. The Kier molecular flexibility index (Phi) is 6.07. The lowest BCUT2D eigenvalue weighted by Crippen LogP contribution is -2.07. The van der Waals surface area contributed by atoms with Gasteiger partial charge in [-0.2, -0.15) is 5.11 Å². The molecule has 1 aliphatic rings. The number of aromatic nitrogens is 2. The molecule has 1 aromatic heterocycles. The van der Waals surface area contributed by atoms with Crippen LogP contribution in [-0.4, -0.2) is 16.1 Å². The average Bonchev–Trinajstić information content (AvgIpc) is 3.19. The van der Waals surface area contributed by atoms with Crippen molar-refractivity contribution in [3.63, 3.8) is 0 Å². The van der Waals surface area contributed by atoms with E-state index in [0.717, 1.165) is 24.8 Å². The molecular weight excluding hydrogens is 406 g/mol. The third-order valence-corrected chi connectivity index (χ3v) is 5.65. The zero-order valence-electron chi connectivity index (χ0n) is 15.5. The highest BCUT2D eigenvalue weighted by Crippen LogP contribution is 2.34. The second-order valence-electron chi connectivity index (χ2n) is 6.56.